The molecule has 0 amide bonds. The second-order valence-corrected chi connectivity index (χ2v) is 3.22. The fourth-order valence-electron chi connectivity index (χ4n) is 0.587. The normalized spacial score (nSPS) is 8.22. The Morgan fingerprint density at radius 1 is 1.33 bits per heavy atom. The van der Waals surface area contributed by atoms with Gasteiger partial charge in [-0.3, -0.25) is 0 Å². The van der Waals surface area contributed by atoms with E-state index in [4.69, 9.17) is 0 Å². The van der Waals surface area contributed by atoms with Gasteiger partial charge in [-0.2, -0.15) is 0 Å². The average Bonchev–Trinajstić information content (AvgIpc) is 1.89. The maximum atomic E-state index is 3.15. The summed E-state index contributed by atoms with van der Waals surface area (Å²) in [6, 6.07) is 0. The van der Waals surface area contributed by atoms with Crippen molar-refractivity contribution in [1.82, 2.24) is 0 Å². The molecule has 0 aromatic carbocycles. The van der Waals surface area contributed by atoms with Gasteiger partial charge in [0.25, 0.3) is 0 Å². The van der Waals surface area contributed by atoms with Crippen molar-refractivity contribution in [2.75, 3.05) is 0 Å². The van der Waals surface area contributed by atoms with Gasteiger partial charge < -0.3 is 0 Å². The summed E-state index contributed by atoms with van der Waals surface area (Å²) in [4.78, 5) is 3.12. The second-order valence-electron chi connectivity index (χ2n) is 1.94. The first-order chi connectivity index (χ1) is 4.41. The van der Waals surface area contributed by atoms with Crippen LogP contribution < -0.4 is 0 Å². The molecule has 0 rings (SSSR count). The standard InChI is InChI=1S/C8H14Se/c1-3-4-5-6-7-8-9-2/h3-6H2,1-2H3. The van der Waals surface area contributed by atoms with E-state index >= 15 is 0 Å². The van der Waals surface area contributed by atoms with Crippen molar-refractivity contribution >= 4 is 15.0 Å². The van der Waals surface area contributed by atoms with E-state index in [2.05, 4.69) is 23.5 Å². The number of unbranched alkanes of at least 4 members (excludes halogenated alkanes) is 3. The van der Waals surface area contributed by atoms with Crippen molar-refractivity contribution < 1.29 is 0 Å². The molecular formula is C8H14Se. The zero-order valence-electron chi connectivity index (χ0n) is 6.24. The molecule has 0 aliphatic carbocycles. The molecule has 0 aromatic rings. The molecule has 0 radical (unpaired) electrons. The van der Waals surface area contributed by atoms with Crippen molar-refractivity contribution in [3.05, 3.63) is 0 Å². The molecule has 0 fully saturated rings. The Hall–Kier alpha value is 0.0795. The summed E-state index contributed by atoms with van der Waals surface area (Å²) in [5.41, 5.74) is 0. The third-order valence-corrected chi connectivity index (χ3v) is 1.81. The minimum atomic E-state index is 0.562. The van der Waals surface area contributed by atoms with Crippen LogP contribution in [0.2, 0.25) is 5.82 Å². The van der Waals surface area contributed by atoms with E-state index in [1.165, 1.54) is 19.3 Å². The summed E-state index contributed by atoms with van der Waals surface area (Å²) in [7, 11) is 0. The molecule has 0 atom stereocenters. The van der Waals surface area contributed by atoms with Crippen molar-refractivity contribution in [3.8, 4) is 10.7 Å². The molecule has 0 aliphatic rings. The molecule has 0 nitrogen and oxygen atoms in total. The summed E-state index contributed by atoms with van der Waals surface area (Å²) >= 11 is 0.562. The van der Waals surface area contributed by atoms with E-state index < -0.39 is 0 Å². The average molecular weight is 189 g/mol. The van der Waals surface area contributed by atoms with Gasteiger partial charge in [-0.1, -0.05) is 0 Å². The van der Waals surface area contributed by atoms with E-state index in [1.807, 2.05) is 0 Å². The van der Waals surface area contributed by atoms with E-state index in [1.54, 1.807) is 0 Å². The molecule has 0 aromatic heterocycles. The van der Waals surface area contributed by atoms with Crippen LogP contribution in [-0.4, -0.2) is 15.0 Å². The van der Waals surface area contributed by atoms with Crippen LogP contribution in [0.15, 0.2) is 0 Å². The summed E-state index contributed by atoms with van der Waals surface area (Å²) < 4.78 is 0. The first kappa shape index (κ1) is 9.08. The van der Waals surface area contributed by atoms with Crippen molar-refractivity contribution in [2.45, 2.75) is 38.4 Å². The van der Waals surface area contributed by atoms with Gasteiger partial charge in [0.05, 0.1) is 0 Å². The third kappa shape index (κ3) is 8.08. The van der Waals surface area contributed by atoms with Crippen molar-refractivity contribution in [3.63, 3.8) is 0 Å². The molecule has 1 heteroatoms. The number of hydrogen-bond acceptors (Lipinski definition) is 0. The summed E-state index contributed by atoms with van der Waals surface area (Å²) in [6.07, 6.45) is 5.05. The Kier molecular flexibility index (Phi) is 8.15. The van der Waals surface area contributed by atoms with E-state index in [-0.39, 0.29) is 0 Å². The molecule has 0 saturated carbocycles. The van der Waals surface area contributed by atoms with Gasteiger partial charge in [0, 0.05) is 0 Å². The monoisotopic (exact) mass is 190 g/mol. The topological polar surface area (TPSA) is 0 Å². The Bertz CT molecular complexity index is 96.9. The molecule has 0 unspecified atom stereocenters. The van der Waals surface area contributed by atoms with Gasteiger partial charge in [-0.15, -0.1) is 0 Å². The van der Waals surface area contributed by atoms with Crippen LogP contribution in [0.5, 0.6) is 0 Å². The number of rotatable bonds is 3. The van der Waals surface area contributed by atoms with Crippen LogP contribution in [0.25, 0.3) is 0 Å². The molecule has 0 N–H and O–H groups in total. The van der Waals surface area contributed by atoms with Gasteiger partial charge in [-0.05, 0) is 0 Å². The third-order valence-electron chi connectivity index (χ3n) is 1.08. The number of hydrogen-bond donors (Lipinski definition) is 0. The Labute approximate surface area is 64.6 Å². The molecule has 0 saturated heterocycles. The maximum absolute atomic E-state index is 3.15. The Morgan fingerprint density at radius 2 is 2.11 bits per heavy atom. The first-order valence-corrected chi connectivity index (χ1v) is 5.99. The zero-order valence-corrected chi connectivity index (χ0v) is 7.95. The molecule has 0 heterocycles. The summed E-state index contributed by atoms with van der Waals surface area (Å²) in [5, 5.41) is 0. The molecule has 0 spiro atoms. The molecule has 0 bridgehead atoms. The minimum absolute atomic E-state index is 0.562. The van der Waals surface area contributed by atoms with Crippen LogP contribution >= 0.6 is 0 Å². The van der Waals surface area contributed by atoms with E-state index in [0.717, 1.165) is 6.42 Å². The SMILES string of the molecule is CCCCCC#C[Se]C. The van der Waals surface area contributed by atoms with Crippen LogP contribution in [0, 0.1) is 10.7 Å². The van der Waals surface area contributed by atoms with Crippen LogP contribution in [-0.2, 0) is 0 Å². The zero-order chi connectivity index (χ0) is 6.95. The molecule has 9 heavy (non-hydrogen) atoms. The first-order valence-electron chi connectivity index (χ1n) is 3.42. The predicted octanol–water partition coefficient (Wildman–Crippen LogP) is 2.28. The van der Waals surface area contributed by atoms with Crippen LogP contribution in [0.3, 0.4) is 0 Å². The van der Waals surface area contributed by atoms with Crippen molar-refractivity contribution in [2.24, 2.45) is 0 Å². The van der Waals surface area contributed by atoms with Crippen LogP contribution in [0.1, 0.15) is 32.6 Å². The predicted molar refractivity (Wildman–Crippen MR) is 43.5 cm³/mol. The fourth-order valence-corrected chi connectivity index (χ4v) is 1.10. The van der Waals surface area contributed by atoms with Gasteiger partial charge in [0.2, 0.25) is 0 Å². The van der Waals surface area contributed by atoms with Gasteiger partial charge in [0.1, 0.15) is 0 Å². The molecule has 52 valence electrons. The molecule has 0 aliphatic heterocycles. The van der Waals surface area contributed by atoms with Crippen LogP contribution in [0.4, 0.5) is 0 Å². The Balaban J connectivity index is 2.90. The van der Waals surface area contributed by atoms with E-state index in [9.17, 15) is 0 Å². The van der Waals surface area contributed by atoms with E-state index in [0.29, 0.717) is 15.0 Å². The second kappa shape index (κ2) is 8.08. The molecular weight excluding hydrogens is 175 g/mol. The quantitative estimate of drug-likeness (QED) is 0.363. The van der Waals surface area contributed by atoms with Gasteiger partial charge in [0.15, 0.2) is 0 Å². The van der Waals surface area contributed by atoms with Gasteiger partial charge >= 0.3 is 64.1 Å². The summed E-state index contributed by atoms with van der Waals surface area (Å²) in [5.74, 6) is 5.30. The van der Waals surface area contributed by atoms with Gasteiger partial charge in [-0.25, -0.2) is 0 Å². The Morgan fingerprint density at radius 3 is 2.67 bits per heavy atom. The summed E-state index contributed by atoms with van der Waals surface area (Å²) in [6.45, 7) is 2.22. The van der Waals surface area contributed by atoms with Crippen molar-refractivity contribution in [1.29, 1.82) is 0 Å². The fraction of sp³-hybridized carbons (Fsp3) is 0.750.